The molecule has 2 aromatic heterocycles. The highest BCUT2D eigenvalue weighted by Gasteiger charge is 2.18. The fourth-order valence-corrected chi connectivity index (χ4v) is 3.78. The van der Waals surface area contributed by atoms with Gasteiger partial charge in [0.05, 0.1) is 12.8 Å². The number of benzene rings is 3. The van der Waals surface area contributed by atoms with Crippen LogP contribution < -0.4 is 16.7 Å². The number of rotatable bonds is 5. The molecule has 8 nitrogen and oxygen atoms in total. The molecule has 0 aliphatic rings. The summed E-state index contributed by atoms with van der Waals surface area (Å²) < 4.78 is 3.07. The van der Waals surface area contributed by atoms with Gasteiger partial charge in [-0.3, -0.25) is 18.9 Å². The molecule has 5 rings (SSSR count). The van der Waals surface area contributed by atoms with E-state index < -0.39 is 11.2 Å². The second kappa shape index (κ2) is 7.99. The van der Waals surface area contributed by atoms with Gasteiger partial charge < -0.3 is 0 Å². The van der Waals surface area contributed by atoms with Gasteiger partial charge in [-0.25, -0.2) is 10.2 Å². The van der Waals surface area contributed by atoms with Crippen molar-refractivity contribution in [1.82, 2.24) is 19.1 Å². The molecule has 0 fully saturated rings. The van der Waals surface area contributed by atoms with Gasteiger partial charge in [-0.1, -0.05) is 72.8 Å². The Kier molecular flexibility index (Phi) is 4.87. The Morgan fingerprint density at radius 1 is 1.00 bits per heavy atom. The van der Waals surface area contributed by atoms with E-state index in [2.05, 4.69) is 20.5 Å². The minimum Gasteiger partial charge on any atom is -0.298 e. The highest BCUT2D eigenvalue weighted by Crippen LogP contribution is 2.23. The lowest BCUT2D eigenvalue weighted by Crippen LogP contribution is -2.29. The van der Waals surface area contributed by atoms with E-state index in [9.17, 15) is 9.59 Å². The lowest BCUT2D eigenvalue weighted by Gasteiger charge is -2.11. The molecule has 0 saturated carbocycles. The summed E-state index contributed by atoms with van der Waals surface area (Å²) in [5.74, 6) is 0.367. The van der Waals surface area contributed by atoms with Gasteiger partial charge in [0, 0.05) is 7.05 Å². The smallest absolute Gasteiger partial charge is 0.298 e. The molecule has 0 bridgehead atoms. The van der Waals surface area contributed by atoms with Gasteiger partial charge >= 0.3 is 5.69 Å². The van der Waals surface area contributed by atoms with Gasteiger partial charge in [0.15, 0.2) is 11.2 Å². The summed E-state index contributed by atoms with van der Waals surface area (Å²) in [7, 11) is 1.58. The number of imidazole rings is 1. The van der Waals surface area contributed by atoms with Gasteiger partial charge in [-0.05, 0) is 21.9 Å². The van der Waals surface area contributed by atoms with Crippen LogP contribution in [0.25, 0.3) is 21.9 Å². The number of nitrogens with one attached hydrogen (secondary N) is 2. The summed E-state index contributed by atoms with van der Waals surface area (Å²) in [4.78, 5) is 31.7. The Hall–Kier alpha value is -4.46. The summed E-state index contributed by atoms with van der Waals surface area (Å²) in [6, 6.07) is 23.7. The van der Waals surface area contributed by atoms with Crippen molar-refractivity contribution in [2.75, 3.05) is 5.43 Å². The van der Waals surface area contributed by atoms with Crippen LogP contribution in [0.15, 0.2) is 87.5 Å². The molecule has 32 heavy (non-hydrogen) atoms. The Morgan fingerprint density at radius 3 is 2.59 bits per heavy atom. The molecule has 3 aromatic carbocycles. The standard InChI is InChI=1S/C24H20N6O2/c1-29-21-20(22(31)27-24(29)32)30(15-18-12-7-11-17-10-5-6-13-19(17)18)23(26-21)28-25-14-16-8-3-2-4-9-16/h2-14H,15H2,1H3,(H,26,28)(H,27,31,32)/b25-14+. The average molecular weight is 424 g/mol. The minimum absolute atomic E-state index is 0.288. The van der Waals surface area contributed by atoms with E-state index in [1.165, 1.54) is 4.57 Å². The van der Waals surface area contributed by atoms with Crippen molar-refractivity contribution >= 4 is 34.1 Å². The van der Waals surface area contributed by atoms with Crippen molar-refractivity contribution in [2.45, 2.75) is 6.54 Å². The van der Waals surface area contributed by atoms with E-state index in [0.29, 0.717) is 18.0 Å². The third-order valence-electron chi connectivity index (χ3n) is 5.39. The Balaban J connectivity index is 1.64. The highest BCUT2D eigenvalue weighted by atomic mass is 16.2. The summed E-state index contributed by atoms with van der Waals surface area (Å²) >= 11 is 0. The number of nitrogens with zero attached hydrogens (tertiary/aromatic N) is 4. The predicted molar refractivity (Wildman–Crippen MR) is 126 cm³/mol. The summed E-state index contributed by atoms with van der Waals surface area (Å²) in [5, 5.41) is 6.48. The molecule has 2 N–H and O–H groups in total. The molecule has 0 atom stereocenters. The van der Waals surface area contributed by atoms with E-state index >= 15 is 0 Å². The van der Waals surface area contributed by atoms with Crippen LogP contribution in [0.4, 0.5) is 5.95 Å². The first-order valence-electron chi connectivity index (χ1n) is 10.1. The van der Waals surface area contributed by atoms with Crippen LogP contribution in [0.3, 0.4) is 0 Å². The largest absolute Gasteiger partial charge is 0.329 e. The second-order valence-electron chi connectivity index (χ2n) is 7.43. The van der Waals surface area contributed by atoms with Crippen LogP contribution in [0.1, 0.15) is 11.1 Å². The molecule has 8 heteroatoms. The number of hydrazone groups is 1. The fourth-order valence-electron chi connectivity index (χ4n) is 3.78. The first-order valence-corrected chi connectivity index (χ1v) is 10.1. The maximum Gasteiger partial charge on any atom is 0.329 e. The molecule has 0 unspecified atom stereocenters. The molecule has 0 spiro atoms. The summed E-state index contributed by atoms with van der Waals surface area (Å²) in [6.45, 7) is 0.377. The van der Waals surface area contributed by atoms with Crippen LogP contribution in [0.5, 0.6) is 0 Å². The molecule has 0 aliphatic carbocycles. The molecule has 0 aliphatic heterocycles. The van der Waals surface area contributed by atoms with E-state index in [4.69, 9.17) is 0 Å². The van der Waals surface area contributed by atoms with E-state index in [0.717, 1.165) is 21.9 Å². The van der Waals surface area contributed by atoms with Crippen LogP contribution >= 0.6 is 0 Å². The maximum absolute atomic E-state index is 12.7. The number of aryl methyl sites for hydroxylation is 1. The second-order valence-corrected chi connectivity index (χ2v) is 7.43. The number of H-pyrrole nitrogens is 1. The summed E-state index contributed by atoms with van der Waals surface area (Å²) in [5.41, 5.74) is 4.47. The third kappa shape index (κ3) is 3.47. The fraction of sp³-hybridized carbons (Fsp3) is 0.0833. The Labute approximate surface area is 182 Å². The van der Waals surface area contributed by atoms with Crippen molar-refractivity contribution in [2.24, 2.45) is 12.1 Å². The van der Waals surface area contributed by atoms with Crippen molar-refractivity contribution in [1.29, 1.82) is 0 Å². The lowest BCUT2D eigenvalue weighted by molar-refractivity contribution is 0.811. The first-order chi connectivity index (χ1) is 15.6. The summed E-state index contributed by atoms with van der Waals surface area (Å²) in [6.07, 6.45) is 1.67. The minimum atomic E-state index is -0.517. The third-order valence-corrected chi connectivity index (χ3v) is 5.39. The Morgan fingerprint density at radius 2 is 1.75 bits per heavy atom. The monoisotopic (exact) mass is 424 g/mol. The van der Waals surface area contributed by atoms with Gasteiger partial charge in [0.1, 0.15) is 0 Å². The molecule has 0 radical (unpaired) electrons. The molecule has 0 amide bonds. The Bertz CT molecular complexity index is 1570. The van der Waals surface area contributed by atoms with E-state index in [1.807, 2.05) is 72.8 Å². The van der Waals surface area contributed by atoms with Crippen LogP contribution in [0.2, 0.25) is 0 Å². The topological polar surface area (TPSA) is 97.1 Å². The number of hydrogen-bond donors (Lipinski definition) is 2. The van der Waals surface area contributed by atoms with Crippen molar-refractivity contribution < 1.29 is 0 Å². The number of anilines is 1. The van der Waals surface area contributed by atoms with Crippen LogP contribution in [0, 0.1) is 0 Å². The maximum atomic E-state index is 12.7. The zero-order chi connectivity index (χ0) is 22.1. The first kappa shape index (κ1) is 19.5. The SMILES string of the molecule is Cn1c(=O)[nH]c(=O)c2c1nc(N/N=C/c1ccccc1)n2Cc1cccc2ccccc12. The van der Waals surface area contributed by atoms with Crippen LogP contribution in [-0.2, 0) is 13.6 Å². The van der Waals surface area contributed by atoms with Crippen molar-refractivity contribution in [3.8, 4) is 0 Å². The normalized spacial score (nSPS) is 11.5. The zero-order valence-corrected chi connectivity index (χ0v) is 17.3. The number of aromatic amines is 1. The molecular weight excluding hydrogens is 404 g/mol. The average Bonchev–Trinajstić information content (AvgIpc) is 3.17. The van der Waals surface area contributed by atoms with Crippen LogP contribution in [-0.4, -0.2) is 25.3 Å². The van der Waals surface area contributed by atoms with Gasteiger partial charge in [-0.2, -0.15) is 10.1 Å². The van der Waals surface area contributed by atoms with Crippen molar-refractivity contribution in [3.63, 3.8) is 0 Å². The van der Waals surface area contributed by atoms with Crippen molar-refractivity contribution in [3.05, 3.63) is 105 Å². The molecule has 0 saturated heterocycles. The van der Waals surface area contributed by atoms with Gasteiger partial charge in [-0.15, -0.1) is 0 Å². The van der Waals surface area contributed by atoms with Gasteiger partial charge in [0.25, 0.3) is 5.56 Å². The van der Waals surface area contributed by atoms with E-state index in [-0.39, 0.29) is 5.65 Å². The number of aromatic nitrogens is 4. The highest BCUT2D eigenvalue weighted by molar-refractivity contribution is 5.86. The molecular formula is C24H20N6O2. The predicted octanol–water partition coefficient (Wildman–Crippen LogP) is 3.07. The quantitative estimate of drug-likeness (QED) is 0.335. The number of hydrogen-bond acceptors (Lipinski definition) is 5. The molecule has 158 valence electrons. The molecule has 2 heterocycles. The van der Waals surface area contributed by atoms with Gasteiger partial charge in [0.2, 0.25) is 5.95 Å². The lowest BCUT2D eigenvalue weighted by atomic mass is 10.0. The molecule has 5 aromatic rings. The number of fused-ring (bicyclic) bond motifs is 2. The zero-order valence-electron chi connectivity index (χ0n) is 17.3. The van der Waals surface area contributed by atoms with E-state index in [1.54, 1.807) is 17.8 Å².